The van der Waals surface area contributed by atoms with E-state index < -0.39 is 6.04 Å². The van der Waals surface area contributed by atoms with Crippen molar-refractivity contribution < 1.29 is 4.79 Å². The molecule has 5 nitrogen and oxygen atoms in total. The Morgan fingerprint density at radius 3 is 2.76 bits per heavy atom. The molecule has 3 aromatic rings. The Hall–Kier alpha value is -2.31. The number of benzene rings is 2. The summed E-state index contributed by atoms with van der Waals surface area (Å²) in [6.45, 7) is 0.483. The second-order valence-electron chi connectivity index (χ2n) is 5.88. The molecule has 0 bridgehead atoms. The van der Waals surface area contributed by atoms with Gasteiger partial charge in [0.2, 0.25) is 5.91 Å². The van der Waals surface area contributed by atoms with Crippen molar-refractivity contribution in [1.29, 1.82) is 0 Å². The average molecular weight is 354 g/mol. The number of imidazole rings is 1. The second kappa shape index (κ2) is 8.18. The molecule has 6 heteroatoms. The highest BCUT2D eigenvalue weighted by Gasteiger charge is 2.12. The largest absolute Gasteiger partial charge is 0.351 e. The van der Waals surface area contributed by atoms with Gasteiger partial charge in [-0.3, -0.25) is 9.36 Å². The molecule has 0 aliphatic heterocycles. The maximum atomic E-state index is 12.0. The Morgan fingerprint density at radius 1 is 1.24 bits per heavy atom. The molecule has 0 unspecified atom stereocenters. The first-order valence-electron chi connectivity index (χ1n) is 8.22. The van der Waals surface area contributed by atoms with Crippen molar-refractivity contribution in [3.05, 3.63) is 60.4 Å². The van der Waals surface area contributed by atoms with Crippen molar-refractivity contribution in [3.63, 3.8) is 0 Å². The molecule has 0 aliphatic carbocycles. The van der Waals surface area contributed by atoms with Gasteiger partial charge in [-0.2, -0.15) is 11.8 Å². The van der Waals surface area contributed by atoms with Crippen molar-refractivity contribution >= 4 is 28.7 Å². The standard InChI is InChI=1S/C19H22N4OS/c1-25-11-10-16(20)19(24)21-12-14-6-8-15(9-7-14)23-13-22-17-4-2-3-5-18(17)23/h2-9,13,16H,10-12,20H2,1H3,(H,21,24)/t16-/m0/s1. The third-order valence-corrected chi connectivity index (χ3v) is 4.75. The summed E-state index contributed by atoms with van der Waals surface area (Å²) < 4.78 is 2.05. The highest BCUT2D eigenvalue weighted by atomic mass is 32.2. The third-order valence-electron chi connectivity index (χ3n) is 4.10. The molecule has 0 saturated heterocycles. The molecule has 0 spiro atoms. The molecule has 3 N–H and O–H groups in total. The van der Waals surface area contributed by atoms with Crippen LogP contribution in [0.3, 0.4) is 0 Å². The average Bonchev–Trinajstić information content (AvgIpc) is 3.08. The van der Waals surface area contributed by atoms with E-state index >= 15 is 0 Å². The highest BCUT2D eigenvalue weighted by Crippen LogP contribution is 2.18. The summed E-state index contributed by atoms with van der Waals surface area (Å²) in [5.74, 6) is 0.793. The Labute approximate surface area is 151 Å². The lowest BCUT2D eigenvalue weighted by Crippen LogP contribution is -2.40. The van der Waals surface area contributed by atoms with Gasteiger partial charge in [-0.1, -0.05) is 24.3 Å². The Morgan fingerprint density at radius 2 is 2.00 bits per heavy atom. The first-order chi connectivity index (χ1) is 12.2. The molecule has 1 aromatic heterocycles. The number of nitrogens with two attached hydrogens (primary N) is 1. The van der Waals surface area contributed by atoms with Crippen molar-refractivity contribution in [2.24, 2.45) is 5.73 Å². The molecule has 25 heavy (non-hydrogen) atoms. The summed E-state index contributed by atoms with van der Waals surface area (Å²) in [6, 6.07) is 15.7. The first-order valence-corrected chi connectivity index (χ1v) is 9.62. The predicted molar refractivity (Wildman–Crippen MR) is 104 cm³/mol. The van der Waals surface area contributed by atoms with Crippen LogP contribution in [0, 0.1) is 0 Å². The molecular formula is C19H22N4OS. The number of aromatic nitrogens is 2. The topological polar surface area (TPSA) is 72.9 Å². The number of hydrogen-bond acceptors (Lipinski definition) is 4. The number of rotatable bonds is 7. The Balaban J connectivity index is 1.64. The minimum absolute atomic E-state index is 0.0984. The monoisotopic (exact) mass is 354 g/mol. The summed E-state index contributed by atoms with van der Waals surface area (Å²) in [7, 11) is 0. The van der Waals surface area contributed by atoms with E-state index in [9.17, 15) is 4.79 Å². The lowest BCUT2D eigenvalue weighted by molar-refractivity contribution is -0.122. The number of nitrogens with zero attached hydrogens (tertiary/aromatic N) is 2. The predicted octanol–water partition coefficient (Wildman–Crippen LogP) is 2.72. The Bertz CT molecular complexity index is 844. The van der Waals surface area contributed by atoms with Gasteiger partial charge in [0, 0.05) is 12.2 Å². The molecule has 130 valence electrons. The quantitative estimate of drug-likeness (QED) is 0.684. The fraction of sp³-hybridized carbons (Fsp3) is 0.263. The van der Waals surface area contributed by atoms with Gasteiger partial charge in [-0.25, -0.2) is 4.98 Å². The van der Waals surface area contributed by atoms with Crippen LogP contribution in [0.4, 0.5) is 0 Å². The molecule has 0 saturated carbocycles. The van der Waals surface area contributed by atoms with Crippen molar-refractivity contribution in [1.82, 2.24) is 14.9 Å². The Kier molecular flexibility index (Phi) is 5.73. The third kappa shape index (κ3) is 4.21. The van der Waals surface area contributed by atoms with Crippen molar-refractivity contribution in [3.8, 4) is 5.69 Å². The number of amides is 1. The van der Waals surface area contributed by atoms with Crippen LogP contribution in [0.15, 0.2) is 54.9 Å². The number of fused-ring (bicyclic) bond motifs is 1. The normalized spacial score (nSPS) is 12.2. The van der Waals surface area contributed by atoms with E-state index in [1.165, 1.54) is 0 Å². The van der Waals surface area contributed by atoms with Crippen LogP contribution in [0.1, 0.15) is 12.0 Å². The van der Waals surface area contributed by atoms with E-state index in [1.54, 1.807) is 11.8 Å². The number of para-hydroxylation sites is 2. The number of nitrogens with one attached hydrogen (secondary N) is 1. The van der Waals surface area contributed by atoms with Crippen molar-refractivity contribution in [2.75, 3.05) is 12.0 Å². The lowest BCUT2D eigenvalue weighted by atomic mass is 10.2. The molecular weight excluding hydrogens is 332 g/mol. The van der Waals surface area contributed by atoms with E-state index in [0.717, 1.165) is 28.0 Å². The summed E-state index contributed by atoms with van der Waals surface area (Å²) >= 11 is 1.70. The fourth-order valence-corrected chi connectivity index (χ4v) is 3.13. The van der Waals surface area contributed by atoms with Crippen LogP contribution in [0.25, 0.3) is 16.7 Å². The van der Waals surface area contributed by atoms with Gasteiger partial charge >= 0.3 is 0 Å². The van der Waals surface area contributed by atoms with E-state index in [-0.39, 0.29) is 5.91 Å². The van der Waals surface area contributed by atoms with E-state index in [4.69, 9.17) is 5.73 Å². The van der Waals surface area contributed by atoms with Gasteiger partial charge < -0.3 is 11.1 Å². The zero-order valence-corrected chi connectivity index (χ0v) is 15.0. The van der Waals surface area contributed by atoms with Crippen molar-refractivity contribution in [2.45, 2.75) is 19.0 Å². The highest BCUT2D eigenvalue weighted by molar-refractivity contribution is 7.98. The number of hydrogen-bond donors (Lipinski definition) is 2. The maximum absolute atomic E-state index is 12.0. The van der Waals surface area contributed by atoms with Gasteiger partial charge in [0.25, 0.3) is 0 Å². The van der Waals surface area contributed by atoms with Gasteiger partial charge in [0.1, 0.15) is 6.33 Å². The summed E-state index contributed by atoms with van der Waals surface area (Å²) in [4.78, 5) is 16.4. The first kappa shape index (κ1) is 17.5. The number of carbonyl (C=O) groups excluding carboxylic acids is 1. The summed E-state index contributed by atoms with van der Waals surface area (Å²) in [6.07, 6.45) is 4.53. The van der Waals surface area contributed by atoms with Crippen LogP contribution in [-0.2, 0) is 11.3 Å². The summed E-state index contributed by atoms with van der Waals surface area (Å²) in [5, 5.41) is 2.90. The van der Waals surface area contributed by atoms with Crippen LogP contribution < -0.4 is 11.1 Å². The maximum Gasteiger partial charge on any atom is 0.237 e. The molecule has 1 atom stereocenters. The van der Waals surface area contributed by atoms with E-state index in [1.807, 2.05) is 61.1 Å². The van der Waals surface area contributed by atoms with E-state index in [2.05, 4.69) is 14.9 Å². The zero-order valence-electron chi connectivity index (χ0n) is 14.2. The minimum Gasteiger partial charge on any atom is -0.351 e. The molecule has 3 rings (SSSR count). The minimum atomic E-state index is -0.441. The van der Waals surface area contributed by atoms with Crippen LogP contribution in [0.5, 0.6) is 0 Å². The smallest absolute Gasteiger partial charge is 0.237 e. The number of thioether (sulfide) groups is 1. The number of carbonyl (C=O) groups is 1. The van der Waals surface area contributed by atoms with Crippen LogP contribution in [0.2, 0.25) is 0 Å². The molecule has 0 aliphatic rings. The fourth-order valence-electron chi connectivity index (χ4n) is 2.64. The van der Waals surface area contributed by atoms with Gasteiger partial charge in [0.05, 0.1) is 17.1 Å². The van der Waals surface area contributed by atoms with Gasteiger partial charge in [-0.05, 0) is 48.3 Å². The second-order valence-corrected chi connectivity index (χ2v) is 6.86. The molecule has 1 amide bonds. The van der Waals surface area contributed by atoms with Crippen LogP contribution in [-0.4, -0.2) is 33.5 Å². The van der Waals surface area contributed by atoms with E-state index in [0.29, 0.717) is 13.0 Å². The molecule has 1 heterocycles. The SMILES string of the molecule is CSCC[C@H](N)C(=O)NCc1ccc(-n2cnc3ccccc32)cc1. The van der Waals surface area contributed by atoms with Gasteiger partial charge in [-0.15, -0.1) is 0 Å². The van der Waals surface area contributed by atoms with Gasteiger partial charge in [0.15, 0.2) is 0 Å². The molecule has 2 aromatic carbocycles. The van der Waals surface area contributed by atoms with Crippen LogP contribution >= 0.6 is 11.8 Å². The molecule has 0 radical (unpaired) electrons. The molecule has 0 fully saturated rings. The summed E-state index contributed by atoms with van der Waals surface area (Å²) in [5.41, 5.74) is 10.00. The lowest BCUT2D eigenvalue weighted by Gasteiger charge is -2.12. The zero-order chi connectivity index (χ0) is 17.6.